The van der Waals surface area contributed by atoms with Crippen molar-refractivity contribution in [2.45, 2.75) is 52.4 Å². The summed E-state index contributed by atoms with van der Waals surface area (Å²) in [6.45, 7) is 9.10. The van der Waals surface area contributed by atoms with E-state index in [1.165, 1.54) is 41.5 Å². The molecule has 114 valence electrons. The second-order valence-electron chi connectivity index (χ2n) is 7.35. The molecule has 0 heterocycles. The summed E-state index contributed by atoms with van der Waals surface area (Å²) >= 11 is 0. The van der Waals surface area contributed by atoms with Crippen LogP contribution in [-0.2, 0) is 11.8 Å². The second kappa shape index (κ2) is 5.76. The first-order valence-corrected chi connectivity index (χ1v) is 8.34. The Morgan fingerprint density at radius 3 is 2.50 bits per heavy atom. The molecule has 1 aliphatic carbocycles. The largest absolute Gasteiger partial charge is 0.0587 e. The first kappa shape index (κ1) is 15.1. The third kappa shape index (κ3) is 3.02. The van der Waals surface area contributed by atoms with E-state index < -0.39 is 0 Å². The minimum atomic E-state index is 0.315. The van der Waals surface area contributed by atoms with Crippen molar-refractivity contribution in [2.24, 2.45) is 0 Å². The van der Waals surface area contributed by atoms with E-state index in [-0.39, 0.29) is 0 Å². The van der Waals surface area contributed by atoms with Gasteiger partial charge in [0, 0.05) is 0 Å². The SMILES string of the molecule is C/C(=C\c1ccc2c(c1)C(C)(C)CCC2)c1ccc(C)cc1. The zero-order chi connectivity index (χ0) is 15.7. The lowest BCUT2D eigenvalue weighted by molar-refractivity contribution is 0.432. The lowest BCUT2D eigenvalue weighted by atomic mass is 9.72. The van der Waals surface area contributed by atoms with Crippen molar-refractivity contribution in [3.05, 3.63) is 70.3 Å². The summed E-state index contributed by atoms with van der Waals surface area (Å²) in [5.41, 5.74) is 8.68. The fourth-order valence-electron chi connectivity index (χ4n) is 3.54. The van der Waals surface area contributed by atoms with E-state index >= 15 is 0 Å². The van der Waals surface area contributed by atoms with Crippen LogP contribution in [0.4, 0.5) is 0 Å². The van der Waals surface area contributed by atoms with Gasteiger partial charge in [-0.15, -0.1) is 0 Å². The fraction of sp³-hybridized carbons (Fsp3) is 0.364. The molecule has 0 radical (unpaired) electrons. The molecule has 0 unspecified atom stereocenters. The Kier molecular flexibility index (Phi) is 3.95. The molecule has 22 heavy (non-hydrogen) atoms. The van der Waals surface area contributed by atoms with Crippen LogP contribution in [0.15, 0.2) is 42.5 Å². The van der Waals surface area contributed by atoms with Gasteiger partial charge in [0.1, 0.15) is 0 Å². The molecule has 0 N–H and O–H groups in total. The van der Waals surface area contributed by atoms with E-state index in [4.69, 9.17) is 0 Å². The van der Waals surface area contributed by atoms with Crippen LogP contribution in [-0.4, -0.2) is 0 Å². The Balaban J connectivity index is 1.96. The van der Waals surface area contributed by atoms with Gasteiger partial charge in [0.25, 0.3) is 0 Å². The van der Waals surface area contributed by atoms with Crippen molar-refractivity contribution in [2.75, 3.05) is 0 Å². The van der Waals surface area contributed by atoms with Crippen LogP contribution in [0.1, 0.15) is 61.4 Å². The summed E-state index contributed by atoms with van der Waals surface area (Å²) in [4.78, 5) is 0. The van der Waals surface area contributed by atoms with Gasteiger partial charge in [0.2, 0.25) is 0 Å². The fourth-order valence-corrected chi connectivity index (χ4v) is 3.54. The molecule has 0 nitrogen and oxygen atoms in total. The predicted molar refractivity (Wildman–Crippen MR) is 97.1 cm³/mol. The number of benzene rings is 2. The zero-order valence-electron chi connectivity index (χ0n) is 14.2. The average molecular weight is 290 g/mol. The highest BCUT2D eigenvalue weighted by Crippen LogP contribution is 2.37. The molecular weight excluding hydrogens is 264 g/mol. The molecule has 2 aromatic rings. The van der Waals surface area contributed by atoms with Crippen LogP contribution in [0, 0.1) is 6.92 Å². The van der Waals surface area contributed by atoms with Gasteiger partial charge in [0.05, 0.1) is 0 Å². The topological polar surface area (TPSA) is 0 Å². The molecule has 0 saturated carbocycles. The highest BCUT2D eigenvalue weighted by Gasteiger charge is 2.27. The molecule has 0 heteroatoms. The maximum Gasteiger partial charge on any atom is -0.0100 e. The van der Waals surface area contributed by atoms with Gasteiger partial charge in [-0.25, -0.2) is 0 Å². The molecule has 0 fully saturated rings. The number of aryl methyl sites for hydroxylation is 2. The third-order valence-electron chi connectivity index (χ3n) is 5.00. The van der Waals surface area contributed by atoms with Crippen LogP contribution < -0.4 is 0 Å². The Bertz CT molecular complexity index is 699. The quantitative estimate of drug-likeness (QED) is 0.580. The second-order valence-corrected chi connectivity index (χ2v) is 7.35. The summed E-state index contributed by atoms with van der Waals surface area (Å²) in [6.07, 6.45) is 6.16. The number of rotatable bonds is 2. The van der Waals surface area contributed by atoms with Crippen molar-refractivity contribution in [1.82, 2.24) is 0 Å². The highest BCUT2D eigenvalue weighted by atomic mass is 14.3. The van der Waals surface area contributed by atoms with Gasteiger partial charge in [-0.1, -0.05) is 68.0 Å². The van der Waals surface area contributed by atoms with Gasteiger partial charge < -0.3 is 0 Å². The van der Waals surface area contributed by atoms with Crippen molar-refractivity contribution in [3.8, 4) is 0 Å². The normalized spacial score (nSPS) is 17.2. The molecule has 0 bridgehead atoms. The summed E-state index contributed by atoms with van der Waals surface area (Å²) in [5.74, 6) is 0. The summed E-state index contributed by atoms with van der Waals surface area (Å²) in [7, 11) is 0. The Morgan fingerprint density at radius 2 is 1.77 bits per heavy atom. The minimum absolute atomic E-state index is 0.315. The van der Waals surface area contributed by atoms with Gasteiger partial charge in [-0.2, -0.15) is 0 Å². The average Bonchev–Trinajstić information content (AvgIpc) is 2.48. The lowest BCUT2D eigenvalue weighted by Crippen LogP contribution is -2.23. The minimum Gasteiger partial charge on any atom is -0.0587 e. The standard InChI is InChI=1S/C22H26/c1-16-7-10-19(11-8-16)17(2)14-18-9-12-20-6-5-13-22(3,4)21(20)15-18/h7-12,14-15H,5-6,13H2,1-4H3/b17-14+. The van der Waals surface area contributed by atoms with E-state index in [2.05, 4.69) is 76.2 Å². The molecule has 0 saturated heterocycles. The first-order chi connectivity index (χ1) is 10.5. The number of allylic oxidation sites excluding steroid dienone is 1. The smallest absolute Gasteiger partial charge is 0.0100 e. The maximum atomic E-state index is 2.41. The van der Waals surface area contributed by atoms with Crippen LogP contribution in [0.5, 0.6) is 0 Å². The molecular formula is C22H26. The van der Waals surface area contributed by atoms with Crippen LogP contribution in [0.2, 0.25) is 0 Å². The number of hydrogen-bond acceptors (Lipinski definition) is 0. The molecule has 0 atom stereocenters. The van der Waals surface area contributed by atoms with Crippen molar-refractivity contribution in [3.63, 3.8) is 0 Å². The molecule has 0 aliphatic heterocycles. The first-order valence-electron chi connectivity index (χ1n) is 8.34. The number of fused-ring (bicyclic) bond motifs is 1. The maximum absolute atomic E-state index is 2.41. The van der Waals surface area contributed by atoms with Crippen LogP contribution in [0.25, 0.3) is 11.6 Å². The van der Waals surface area contributed by atoms with E-state index in [1.807, 2.05) is 0 Å². The number of hydrogen-bond donors (Lipinski definition) is 0. The van der Waals surface area contributed by atoms with Crippen molar-refractivity contribution in [1.29, 1.82) is 0 Å². The molecule has 2 aromatic carbocycles. The molecule has 0 amide bonds. The highest BCUT2D eigenvalue weighted by molar-refractivity contribution is 5.80. The predicted octanol–water partition coefficient (Wildman–Crippen LogP) is 6.17. The zero-order valence-corrected chi connectivity index (χ0v) is 14.2. The third-order valence-corrected chi connectivity index (χ3v) is 5.00. The van der Waals surface area contributed by atoms with E-state index in [0.29, 0.717) is 5.41 Å². The molecule has 1 aliphatic rings. The molecule has 0 spiro atoms. The van der Waals surface area contributed by atoms with Crippen LogP contribution >= 0.6 is 0 Å². The Hall–Kier alpha value is -1.82. The van der Waals surface area contributed by atoms with E-state index in [1.54, 1.807) is 11.1 Å². The molecule has 3 rings (SSSR count). The van der Waals surface area contributed by atoms with Gasteiger partial charge in [-0.05, 0) is 66.4 Å². The van der Waals surface area contributed by atoms with E-state index in [9.17, 15) is 0 Å². The van der Waals surface area contributed by atoms with Gasteiger partial charge in [-0.3, -0.25) is 0 Å². The Labute approximate surface area is 134 Å². The molecule has 0 aromatic heterocycles. The lowest BCUT2D eigenvalue weighted by Gasteiger charge is -2.32. The van der Waals surface area contributed by atoms with Crippen molar-refractivity contribution >= 4 is 11.6 Å². The summed E-state index contributed by atoms with van der Waals surface area (Å²) < 4.78 is 0. The van der Waals surface area contributed by atoms with Gasteiger partial charge in [0.15, 0.2) is 0 Å². The summed E-state index contributed by atoms with van der Waals surface area (Å²) in [6, 6.07) is 15.8. The monoisotopic (exact) mass is 290 g/mol. The Morgan fingerprint density at radius 1 is 1.05 bits per heavy atom. The van der Waals surface area contributed by atoms with Gasteiger partial charge >= 0.3 is 0 Å². The van der Waals surface area contributed by atoms with Crippen molar-refractivity contribution < 1.29 is 0 Å². The van der Waals surface area contributed by atoms with Crippen LogP contribution in [0.3, 0.4) is 0 Å². The summed E-state index contributed by atoms with van der Waals surface area (Å²) in [5, 5.41) is 0. The van der Waals surface area contributed by atoms with E-state index in [0.717, 1.165) is 0 Å².